The van der Waals surface area contributed by atoms with Crippen molar-refractivity contribution in [1.82, 2.24) is 14.7 Å². The Balaban J connectivity index is 1.63. The van der Waals surface area contributed by atoms with Crippen LogP contribution in [-0.2, 0) is 16.1 Å². The van der Waals surface area contributed by atoms with Gasteiger partial charge in [-0.05, 0) is 32.3 Å². The molecule has 0 spiro atoms. The van der Waals surface area contributed by atoms with E-state index in [1.165, 1.54) is 4.68 Å². The summed E-state index contributed by atoms with van der Waals surface area (Å²) >= 11 is 0. The predicted octanol–water partition coefficient (Wildman–Crippen LogP) is 1.48. The highest BCUT2D eigenvalue weighted by Gasteiger charge is 2.38. The maximum atomic E-state index is 12.8. The van der Waals surface area contributed by atoms with E-state index >= 15 is 0 Å². The van der Waals surface area contributed by atoms with Crippen LogP contribution in [0.4, 0.5) is 0 Å². The molecule has 2 aliphatic rings. The number of carbonyl (C=O) groups excluding carboxylic acids is 1. The van der Waals surface area contributed by atoms with Crippen molar-refractivity contribution >= 4 is 16.7 Å². The van der Waals surface area contributed by atoms with E-state index in [2.05, 4.69) is 5.10 Å². The van der Waals surface area contributed by atoms with Gasteiger partial charge in [0.1, 0.15) is 6.54 Å². The number of nitrogens with zero attached hydrogens (tertiary/aromatic N) is 3. The fraction of sp³-hybridized carbons (Fsp3) is 0.500. The molecule has 0 bridgehead atoms. The summed E-state index contributed by atoms with van der Waals surface area (Å²) in [5.74, 6) is -0.0421. The summed E-state index contributed by atoms with van der Waals surface area (Å²) in [5.41, 5.74) is 0.555. The summed E-state index contributed by atoms with van der Waals surface area (Å²) in [7, 11) is 0. The number of benzene rings is 1. The number of rotatable bonds is 2. The third kappa shape index (κ3) is 2.51. The minimum absolute atomic E-state index is 0.00622. The number of aryl methyl sites for hydroxylation is 1. The maximum Gasteiger partial charge on any atom is 0.275 e. The summed E-state index contributed by atoms with van der Waals surface area (Å²) in [6.07, 6.45) is 3.24. The van der Waals surface area contributed by atoms with Gasteiger partial charge in [0, 0.05) is 11.9 Å². The normalized spacial score (nSPS) is 23.5. The Kier molecular flexibility index (Phi) is 3.84. The van der Waals surface area contributed by atoms with Gasteiger partial charge in [0.15, 0.2) is 0 Å². The molecule has 0 N–H and O–H groups in total. The minimum Gasteiger partial charge on any atom is -0.374 e. The van der Waals surface area contributed by atoms with Crippen LogP contribution in [0.2, 0.25) is 0 Å². The topological polar surface area (TPSA) is 64.4 Å². The SMILES string of the molecule is Cc1nn(CC(=O)N2CCO[C@@H]3CCC[C@@H]32)c(=O)c2ccccc12. The Morgan fingerprint density at radius 2 is 2.08 bits per heavy atom. The van der Waals surface area contributed by atoms with Crippen molar-refractivity contribution in [3.63, 3.8) is 0 Å². The highest BCUT2D eigenvalue weighted by atomic mass is 16.5. The zero-order chi connectivity index (χ0) is 16.7. The number of aromatic nitrogens is 2. The molecule has 126 valence electrons. The molecule has 24 heavy (non-hydrogen) atoms. The quantitative estimate of drug-likeness (QED) is 0.838. The molecule has 1 aromatic heterocycles. The molecule has 1 saturated carbocycles. The summed E-state index contributed by atoms with van der Waals surface area (Å²) in [4.78, 5) is 27.3. The molecule has 1 aliphatic heterocycles. The van der Waals surface area contributed by atoms with E-state index in [4.69, 9.17) is 4.74 Å². The van der Waals surface area contributed by atoms with Crippen molar-refractivity contribution in [2.45, 2.75) is 44.9 Å². The van der Waals surface area contributed by atoms with Crippen LogP contribution in [0.5, 0.6) is 0 Å². The number of carbonyl (C=O) groups is 1. The Bertz CT molecular complexity index is 845. The minimum atomic E-state index is -0.208. The smallest absolute Gasteiger partial charge is 0.275 e. The van der Waals surface area contributed by atoms with E-state index in [9.17, 15) is 9.59 Å². The van der Waals surface area contributed by atoms with E-state index in [0.717, 1.165) is 30.3 Å². The lowest BCUT2D eigenvalue weighted by molar-refractivity contribution is -0.144. The molecule has 2 fully saturated rings. The Morgan fingerprint density at radius 1 is 1.29 bits per heavy atom. The second-order valence-corrected chi connectivity index (χ2v) is 6.59. The van der Waals surface area contributed by atoms with Crippen LogP contribution in [0.25, 0.3) is 10.8 Å². The molecule has 6 nitrogen and oxygen atoms in total. The first kappa shape index (κ1) is 15.3. The monoisotopic (exact) mass is 327 g/mol. The highest BCUT2D eigenvalue weighted by Crippen LogP contribution is 2.29. The first-order chi connectivity index (χ1) is 11.6. The van der Waals surface area contributed by atoms with Crippen molar-refractivity contribution < 1.29 is 9.53 Å². The van der Waals surface area contributed by atoms with Crippen molar-refractivity contribution in [2.75, 3.05) is 13.2 Å². The van der Waals surface area contributed by atoms with Gasteiger partial charge in [0.25, 0.3) is 5.56 Å². The zero-order valence-electron chi connectivity index (χ0n) is 13.8. The molecule has 6 heteroatoms. The maximum absolute atomic E-state index is 12.8. The molecular weight excluding hydrogens is 306 g/mol. The first-order valence-corrected chi connectivity index (χ1v) is 8.52. The van der Waals surface area contributed by atoms with Crippen LogP contribution >= 0.6 is 0 Å². The largest absolute Gasteiger partial charge is 0.374 e. The molecule has 1 aromatic carbocycles. The zero-order valence-corrected chi connectivity index (χ0v) is 13.8. The number of morpholine rings is 1. The second kappa shape index (κ2) is 6.02. The summed E-state index contributed by atoms with van der Waals surface area (Å²) in [5, 5.41) is 5.80. The molecule has 4 rings (SSSR count). The molecule has 2 atom stereocenters. The van der Waals surface area contributed by atoms with Gasteiger partial charge in [0.2, 0.25) is 5.91 Å². The molecule has 1 aliphatic carbocycles. The molecule has 2 heterocycles. The third-order valence-electron chi connectivity index (χ3n) is 5.14. The van der Waals surface area contributed by atoms with Gasteiger partial charge in [0.05, 0.1) is 29.8 Å². The lowest BCUT2D eigenvalue weighted by atomic mass is 10.1. The van der Waals surface area contributed by atoms with Gasteiger partial charge in [-0.1, -0.05) is 18.2 Å². The van der Waals surface area contributed by atoms with Crippen LogP contribution in [0, 0.1) is 6.92 Å². The fourth-order valence-corrected chi connectivity index (χ4v) is 3.97. The van der Waals surface area contributed by atoms with Crippen LogP contribution in [0.15, 0.2) is 29.1 Å². The van der Waals surface area contributed by atoms with Crippen LogP contribution in [-0.4, -0.2) is 45.9 Å². The molecule has 0 unspecified atom stereocenters. The molecule has 2 aromatic rings. The molecular formula is C18H21N3O3. The van der Waals surface area contributed by atoms with E-state index in [-0.39, 0.29) is 30.2 Å². The average Bonchev–Trinajstić information content (AvgIpc) is 3.08. The Hall–Kier alpha value is -2.21. The highest BCUT2D eigenvalue weighted by molar-refractivity contribution is 5.83. The van der Waals surface area contributed by atoms with Crippen molar-refractivity contribution in [3.8, 4) is 0 Å². The van der Waals surface area contributed by atoms with E-state index < -0.39 is 0 Å². The summed E-state index contributed by atoms with van der Waals surface area (Å²) in [6, 6.07) is 7.55. The fourth-order valence-electron chi connectivity index (χ4n) is 3.97. The average molecular weight is 327 g/mol. The number of amides is 1. The molecule has 1 saturated heterocycles. The second-order valence-electron chi connectivity index (χ2n) is 6.59. The standard InChI is InChI=1S/C18H21N3O3/c1-12-13-5-2-3-6-14(13)18(23)21(19-12)11-17(22)20-9-10-24-16-8-4-7-15(16)20/h2-3,5-6,15-16H,4,7-11H2,1H3/t15-,16+/m0/s1. The van der Waals surface area contributed by atoms with Gasteiger partial charge in [-0.15, -0.1) is 0 Å². The number of hydrogen-bond donors (Lipinski definition) is 0. The summed E-state index contributed by atoms with van der Waals surface area (Å²) < 4.78 is 7.06. The van der Waals surface area contributed by atoms with Crippen molar-refractivity contribution in [3.05, 3.63) is 40.3 Å². The predicted molar refractivity (Wildman–Crippen MR) is 89.8 cm³/mol. The van der Waals surface area contributed by atoms with Gasteiger partial charge in [-0.2, -0.15) is 5.10 Å². The number of fused-ring (bicyclic) bond motifs is 2. The first-order valence-electron chi connectivity index (χ1n) is 8.52. The third-order valence-corrected chi connectivity index (χ3v) is 5.14. The van der Waals surface area contributed by atoms with Crippen LogP contribution in [0.3, 0.4) is 0 Å². The Morgan fingerprint density at radius 3 is 2.92 bits per heavy atom. The van der Waals surface area contributed by atoms with Gasteiger partial charge >= 0.3 is 0 Å². The van der Waals surface area contributed by atoms with E-state index in [1.54, 1.807) is 6.07 Å². The molecule has 0 radical (unpaired) electrons. The van der Waals surface area contributed by atoms with Gasteiger partial charge in [-0.3, -0.25) is 9.59 Å². The van der Waals surface area contributed by atoms with Crippen molar-refractivity contribution in [1.29, 1.82) is 0 Å². The Labute approximate surface area is 140 Å². The van der Waals surface area contributed by atoms with E-state index in [0.29, 0.717) is 18.5 Å². The number of ether oxygens (including phenoxy) is 1. The lowest BCUT2D eigenvalue weighted by Gasteiger charge is -2.37. The van der Waals surface area contributed by atoms with E-state index in [1.807, 2.05) is 30.0 Å². The van der Waals surface area contributed by atoms with Gasteiger partial charge < -0.3 is 9.64 Å². The van der Waals surface area contributed by atoms with Crippen LogP contribution in [0.1, 0.15) is 25.0 Å². The summed E-state index contributed by atoms with van der Waals surface area (Å²) in [6.45, 7) is 3.03. The number of hydrogen-bond acceptors (Lipinski definition) is 4. The van der Waals surface area contributed by atoms with Gasteiger partial charge in [-0.25, -0.2) is 4.68 Å². The van der Waals surface area contributed by atoms with Crippen LogP contribution < -0.4 is 5.56 Å². The lowest BCUT2D eigenvalue weighted by Crippen LogP contribution is -2.52. The molecule has 1 amide bonds. The van der Waals surface area contributed by atoms with Crippen molar-refractivity contribution in [2.24, 2.45) is 0 Å².